The maximum atomic E-state index is 15.4. The summed E-state index contributed by atoms with van der Waals surface area (Å²) in [6.45, 7) is 17.7. The highest BCUT2D eigenvalue weighted by Crippen LogP contribution is 2.45. The Balaban J connectivity index is 0.000000175. The largest absolute Gasteiger partial charge is 0.325 e. The van der Waals surface area contributed by atoms with E-state index in [0.29, 0.717) is 77.9 Å². The summed E-state index contributed by atoms with van der Waals surface area (Å²) in [5.74, 6) is -0.978. The third-order valence-electron chi connectivity index (χ3n) is 11.4. The number of aromatic nitrogens is 8. The van der Waals surface area contributed by atoms with Crippen molar-refractivity contribution in [2.24, 2.45) is 19.8 Å². The summed E-state index contributed by atoms with van der Waals surface area (Å²) in [6, 6.07) is 28.1. The molecule has 0 aliphatic heterocycles. The van der Waals surface area contributed by atoms with Gasteiger partial charge < -0.3 is 5.73 Å². The van der Waals surface area contributed by atoms with Gasteiger partial charge in [0.15, 0.2) is 0 Å². The first-order valence-electron chi connectivity index (χ1n) is 20.0. The van der Waals surface area contributed by atoms with Gasteiger partial charge in [-0.15, -0.1) is 0 Å². The predicted molar refractivity (Wildman–Crippen MR) is 251 cm³/mol. The fourth-order valence-corrected chi connectivity index (χ4v) is 8.36. The van der Waals surface area contributed by atoms with Crippen LogP contribution in [0.15, 0.2) is 119 Å². The van der Waals surface area contributed by atoms with E-state index in [1.54, 1.807) is 72.3 Å². The highest BCUT2D eigenvalue weighted by atomic mass is 19.1. The average Bonchev–Trinajstić information content (AvgIpc) is 3.89. The molecule has 320 valence electrons. The van der Waals surface area contributed by atoms with Gasteiger partial charge in [-0.1, -0.05) is 75.0 Å². The smallest absolute Gasteiger partial charge is 0.272 e. The van der Waals surface area contributed by atoms with Crippen molar-refractivity contribution in [3.8, 4) is 44.8 Å². The van der Waals surface area contributed by atoms with Crippen molar-refractivity contribution in [3.63, 3.8) is 0 Å². The Bertz CT molecular complexity index is 3500. The molecular formula is C50H39F2N11O2. The molecule has 0 amide bonds. The molecule has 4 aromatic heterocycles. The molecule has 13 nitrogen and oxygen atoms in total. The number of aryl methyl sites for hydroxylation is 3. The third kappa shape index (κ3) is 7.25. The zero-order valence-corrected chi connectivity index (χ0v) is 34.5. The Labute approximate surface area is 370 Å². The van der Waals surface area contributed by atoms with Crippen LogP contribution in [0.2, 0.25) is 0 Å². The van der Waals surface area contributed by atoms with Crippen molar-refractivity contribution < 1.29 is 8.78 Å². The molecule has 10 aromatic rings. The van der Waals surface area contributed by atoms with E-state index < -0.39 is 11.6 Å². The lowest BCUT2D eigenvalue weighted by Gasteiger charge is -2.13. The zero-order valence-electron chi connectivity index (χ0n) is 34.5. The lowest BCUT2D eigenvalue weighted by Crippen LogP contribution is -2.13. The van der Waals surface area contributed by atoms with Gasteiger partial charge >= 0.3 is 0 Å². The molecule has 65 heavy (non-hydrogen) atoms. The fourth-order valence-electron chi connectivity index (χ4n) is 8.36. The van der Waals surface area contributed by atoms with E-state index >= 15 is 8.78 Å². The molecular weight excluding hydrogens is 825 g/mol. The Morgan fingerprint density at radius 2 is 1.05 bits per heavy atom. The molecule has 15 heteroatoms. The topological polar surface area (TPSA) is 162 Å². The lowest BCUT2D eigenvalue weighted by atomic mass is 9.95. The minimum atomic E-state index is -0.499. The van der Waals surface area contributed by atoms with E-state index in [4.69, 9.17) is 18.9 Å². The first kappa shape index (κ1) is 43.0. The van der Waals surface area contributed by atoms with Gasteiger partial charge in [-0.2, -0.15) is 20.4 Å². The number of nitrogens with one attached hydrogen (secondary N) is 2. The van der Waals surface area contributed by atoms with Gasteiger partial charge in [0.25, 0.3) is 11.1 Å². The van der Waals surface area contributed by atoms with Crippen LogP contribution in [0.5, 0.6) is 0 Å². The Hall–Kier alpha value is -8.66. The quantitative estimate of drug-likeness (QED) is 0.140. The van der Waals surface area contributed by atoms with Gasteiger partial charge in [-0.05, 0) is 75.5 Å². The van der Waals surface area contributed by atoms with Crippen LogP contribution in [0.1, 0.15) is 25.7 Å². The van der Waals surface area contributed by atoms with Crippen LogP contribution >= 0.6 is 0 Å². The molecule has 6 aromatic carbocycles. The van der Waals surface area contributed by atoms with Crippen molar-refractivity contribution in [2.75, 3.05) is 0 Å². The summed E-state index contributed by atoms with van der Waals surface area (Å²) in [5.41, 5.74) is 11.2. The standard InChI is InChI=1S/C25H18FN5O.C24H17FN6O.CH4/c1-4-21-18-11-15(9-10-17(18)25(32)30-29-21)19-13-28-31(3)24(19)22-20(26)12-14-7-5-6-8-16(14)23(22)27-2;1-27-22-15-6-4-3-5-13(15)10-19(25)21(22)23-18(12-28-31(23)2)14-7-8-16-17(9-14)20(11-26)29-30-24(16)32;/h5-13H,4H2,1,3H3,(H,30,32);3-10,12H,11,26H2,2H3,(H,30,32);1H4. The van der Waals surface area contributed by atoms with Crippen molar-refractivity contribution in [3.05, 3.63) is 176 Å². The molecule has 0 aliphatic carbocycles. The van der Waals surface area contributed by atoms with Gasteiger partial charge in [0.05, 0.1) is 59.1 Å². The first-order chi connectivity index (χ1) is 31.1. The molecule has 0 spiro atoms. The molecule has 0 radical (unpaired) electrons. The van der Waals surface area contributed by atoms with Crippen molar-refractivity contribution in [1.82, 2.24) is 40.0 Å². The number of H-pyrrole nitrogens is 2. The second-order valence-corrected chi connectivity index (χ2v) is 15.0. The van der Waals surface area contributed by atoms with Gasteiger partial charge in [0.2, 0.25) is 11.4 Å². The van der Waals surface area contributed by atoms with Crippen molar-refractivity contribution in [1.29, 1.82) is 0 Å². The molecule has 0 unspecified atom stereocenters. The number of nitrogens with zero attached hydrogens (tertiary/aromatic N) is 8. The second kappa shape index (κ2) is 17.2. The molecule has 0 saturated carbocycles. The number of hydrogen-bond acceptors (Lipinski definition) is 7. The Morgan fingerprint density at radius 3 is 1.48 bits per heavy atom. The van der Waals surface area contributed by atoms with Gasteiger partial charge in [-0.3, -0.25) is 19.0 Å². The minimum absolute atomic E-state index is 0. The number of fused-ring (bicyclic) bond motifs is 4. The SMILES string of the molecule is C.[C-]#[N+]c1c(-c2c(-c3ccc4c(=O)[nH]nc(CC)c4c3)cnn2C)c(F)cc2ccccc12.[C-]#[N+]c1c(-c2c(-c3ccc4c(=O)[nH]nc(CN)c4c3)cnn2C)c(F)cc2ccccc12. The normalized spacial score (nSPS) is 11.0. The van der Waals surface area contributed by atoms with Crippen LogP contribution in [-0.4, -0.2) is 40.0 Å². The van der Waals surface area contributed by atoms with Crippen molar-refractivity contribution >= 4 is 54.5 Å². The van der Waals surface area contributed by atoms with E-state index in [1.807, 2.05) is 55.5 Å². The number of aromatic amines is 2. The summed E-state index contributed by atoms with van der Waals surface area (Å²) >= 11 is 0. The van der Waals surface area contributed by atoms with Gasteiger partial charge in [-0.25, -0.2) is 28.7 Å². The van der Waals surface area contributed by atoms with Crippen LogP contribution in [-0.2, 0) is 27.1 Å². The van der Waals surface area contributed by atoms with E-state index in [-0.39, 0.29) is 47.6 Å². The van der Waals surface area contributed by atoms with E-state index in [0.717, 1.165) is 16.6 Å². The summed E-state index contributed by atoms with van der Waals surface area (Å²) < 4.78 is 33.9. The molecule has 0 bridgehead atoms. The maximum Gasteiger partial charge on any atom is 0.272 e. The number of hydrogen-bond donors (Lipinski definition) is 3. The zero-order chi connectivity index (χ0) is 44.8. The van der Waals surface area contributed by atoms with E-state index in [9.17, 15) is 9.59 Å². The second-order valence-electron chi connectivity index (χ2n) is 15.0. The number of rotatable bonds is 6. The summed E-state index contributed by atoms with van der Waals surface area (Å²) in [7, 11) is 3.44. The molecule has 10 rings (SSSR count). The molecule has 0 saturated heterocycles. The van der Waals surface area contributed by atoms with Gasteiger partial charge in [0, 0.05) is 53.7 Å². The average molecular weight is 864 g/mol. The number of halogens is 2. The van der Waals surface area contributed by atoms with E-state index in [2.05, 4.69) is 40.3 Å². The van der Waals surface area contributed by atoms with Crippen molar-refractivity contribution in [2.45, 2.75) is 27.3 Å². The molecule has 0 atom stereocenters. The van der Waals surface area contributed by atoms with Crippen LogP contribution < -0.4 is 16.9 Å². The number of benzene rings is 6. The summed E-state index contributed by atoms with van der Waals surface area (Å²) in [6.07, 6.45) is 3.93. The lowest BCUT2D eigenvalue weighted by molar-refractivity contribution is 0.630. The summed E-state index contributed by atoms with van der Waals surface area (Å²) in [4.78, 5) is 31.8. The highest BCUT2D eigenvalue weighted by Gasteiger charge is 2.25. The molecule has 0 fully saturated rings. The Morgan fingerprint density at radius 1 is 0.615 bits per heavy atom. The predicted octanol–water partition coefficient (Wildman–Crippen LogP) is 10.3. The molecule has 4 N–H and O–H groups in total. The van der Waals surface area contributed by atoms with Crippen LogP contribution in [0.3, 0.4) is 0 Å². The van der Waals surface area contributed by atoms with Crippen LogP contribution in [0.4, 0.5) is 20.2 Å². The minimum Gasteiger partial charge on any atom is -0.325 e. The molecule has 0 aliphatic rings. The first-order valence-corrected chi connectivity index (χ1v) is 20.0. The Kier molecular flexibility index (Phi) is 11.4. The van der Waals surface area contributed by atoms with Crippen LogP contribution in [0, 0.1) is 24.8 Å². The fraction of sp³-hybridized carbons (Fsp3) is 0.120. The third-order valence-corrected chi connectivity index (χ3v) is 11.4. The van der Waals surface area contributed by atoms with Gasteiger partial charge in [0.1, 0.15) is 11.6 Å². The number of nitrogens with two attached hydrogens (primary N) is 1. The van der Waals surface area contributed by atoms with Crippen LogP contribution in [0.25, 0.3) is 97.5 Å². The molecule has 4 heterocycles. The maximum absolute atomic E-state index is 15.4. The highest BCUT2D eigenvalue weighted by molar-refractivity contribution is 6.06. The summed E-state index contributed by atoms with van der Waals surface area (Å²) in [5, 5.41) is 27.0. The van der Waals surface area contributed by atoms with E-state index in [1.165, 1.54) is 12.1 Å². The monoisotopic (exact) mass is 863 g/mol.